The molecule has 0 radical (unpaired) electrons. The normalized spacial score (nSPS) is 16.1. The fourth-order valence-corrected chi connectivity index (χ4v) is 11.6. The summed E-state index contributed by atoms with van der Waals surface area (Å²) >= 11 is 0. The number of Topliss-reactive ketones (excluding diaryl/α,β-unsaturated/α-hetero) is 1. The summed E-state index contributed by atoms with van der Waals surface area (Å²) in [6.45, 7) is 5.74. The van der Waals surface area contributed by atoms with E-state index in [0.717, 1.165) is 70.4 Å². The molecule has 0 amide bonds. The summed E-state index contributed by atoms with van der Waals surface area (Å²) in [7, 11) is -4.81. The molecule has 80 heavy (non-hydrogen) atoms. The van der Waals surface area contributed by atoms with Crippen LogP contribution in [0, 0.1) is 12.8 Å². The van der Waals surface area contributed by atoms with E-state index in [9.17, 15) is 23.7 Å². The highest BCUT2D eigenvalue weighted by molar-refractivity contribution is 7.48. The molecule has 0 N–H and O–H groups in total. The minimum atomic E-state index is -4.81. The van der Waals surface area contributed by atoms with Gasteiger partial charge in [-0.3, -0.25) is 23.5 Å². The first-order valence-corrected chi connectivity index (χ1v) is 34.3. The van der Waals surface area contributed by atoms with E-state index in [1.165, 1.54) is 192 Å². The van der Waals surface area contributed by atoms with Gasteiger partial charge < -0.3 is 14.2 Å². The highest BCUT2D eigenvalue weighted by Gasteiger charge is 2.60. The van der Waals surface area contributed by atoms with Crippen molar-refractivity contribution in [2.45, 2.75) is 341 Å². The van der Waals surface area contributed by atoms with Crippen LogP contribution in [0.3, 0.4) is 0 Å². The standard InChI is InChI=1S/C64H115F2N2O11P/c1-5-8-11-14-17-20-23-26-29-32-35-38-41-44-47-57(69)52-58-59(79-62(64(58,65)66)68-51-50-56(4)67-63(68)72)53-76-80(73,77-54-74-60(70)48-45-42-39-36-33-30-27-24-21-18-15-12-9-6-2)78-55-75-61(71)49-46-43-40-37-34-31-28-25-22-19-16-13-10-7-3/h50-51,58-59,62H,5-49,52-55H2,1-4H3/t58-,59-,62-/m1/s1. The predicted molar refractivity (Wildman–Crippen MR) is 318 cm³/mol. The van der Waals surface area contributed by atoms with Crippen LogP contribution >= 0.6 is 7.82 Å². The van der Waals surface area contributed by atoms with Gasteiger partial charge in [-0.1, -0.05) is 271 Å². The number of carbonyl (C=O) groups is 3. The summed E-state index contributed by atoms with van der Waals surface area (Å²) in [6.07, 6.45) is 45.9. The van der Waals surface area contributed by atoms with Crippen molar-refractivity contribution in [1.29, 1.82) is 0 Å². The first-order valence-electron chi connectivity index (χ1n) is 32.8. The third-order valence-electron chi connectivity index (χ3n) is 15.8. The maximum Gasteiger partial charge on any atom is 0.480 e. The molecule has 0 aromatic carbocycles. The molecular weight excluding hydrogens is 1040 g/mol. The predicted octanol–water partition coefficient (Wildman–Crippen LogP) is 19.4. The zero-order chi connectivity index (χ0) is 58.2. The van der Waals surface area contributed by atoms with Crippen molar-refractivity contribution in [2.24, 2.45) is 5.92 Å². The molecule has 466 valence electrons. The fourth-order valence-electron chi connectivity index (χ4n) is 10.7. The molecule has 2 rings (SSSR count). The Morgan fingerprint density at radius 2 is 0.850 bits per heavy atom. The molecule has 1 fully saturated rings. The number of hydrogen-bond acceptors (Lipinski definition) is 12. The number of halogens is 2. The Balaban J connectivity index is 1.97. The molecule has 0 bridgehead atoms. The summed E-state index contributed by atoms with van der Waals surface area (Å²) in [4.78, 5) is 55.7. The van der Waals surface area contributed by atoms with E-state index in [1.807, 2.05) is 0 Å². The Morgan fingerprint density at radius 1 is 0.525 bits per heavy atom. The first kappa shape index (κ1) is 73.5. The average Bonchev–Trinajstić information content (AvgIpc) is 3.71. The number of esters is 2. The molecule has 1 aliphatic rings. The summed E-state index contributed by atoms with van der Waals surface area (Å²) in [6, 6.07) is 1.40. The van der Waals surface area contributed by atoms with E-state index in [1.54, 1.807) is 6.92 Å². The Hall–Kier alpha value is -2.58. The highest BCUT2D eigenvalue weighted by atomic mass is 31.2. The summed E-state index contributed by atoms with van der Waals surface area (Å²) < 4.78 is 80.8. The van der Waals surface area contributed by atoms with Crippen LogP contribution in [0.15, 0.2) is 17.1 Å². The number of unbranched alkanes of at least 4 members (excludes halogenated alkanes) is 39. The van der Waals surface area contributed by atoms with E-state index in [2.05, 4.69) is 25.8 Å². The third-order valence-corrected chi connectivity index (χ3v) is 17.1. The lowest BCUT2D eigenvalue weighted by Gasteiger charge is -2.24. The Labute approximate surface area is 484 Å². The second kappa shape index (κ2) is 48.8. The Kier molecular flexibility index (Phi) is 44.8. The van der Waals surface area contributed by atoms with Crippen LogP contribution in [0.25, 0.3) is 0 Å². The number of phosphoric acid groups is 1. The monoisotopic (exact) mass is 1160 g/mol. The summed E-state index contributed by atoms with van der Waals surface area (Å²) in [5.74, 6) is -7.14. The smallest absolute Gasteiger partial charge is 0.438 e. The van der Waals surface area contributed by atoms with Gasteiger partial charge in [0.2, 0.25) is 19.8 Å². The minimum Gasteiger partial charge on any atom is -0.438 e. The number of carbonyl (C=O) groups excluding carboxylic acids is 3. The zero-order valence-electron chi connectivity index (χ0n) is 51.1. The number of aromatic nitrogens is 2. The Morgan fingerprint density at radius 3 is 1.19 bits per heavy atom. The SMILES string of the molecule is CCCCCCCCCCCCCCCCC(=O)C[C@@H]1[C@@H](COP(=O)(OCOC(=O)CCCCCCCCCCCCCCCC)OCOC(=O)CCCCCCCCCCCCCCCC)O[C@@H](n2ccc(C)nc2=O)C1(F)F. The second-order valence-corrected chi connectivity index (χ2v) is 24.8. The molecule has 0 saturated carbocycles. The van der Waals surface area contributed by atoms with Crippen LogP contribution in [-0.4, -0.2) is 59.5 Å². The van der Waals surface area contributed by atoms with Gasteiger partial charge in [-0.05, 0) is 32.3 Å². The van der Waals surface area contributed by atoms with Gasteiger partial charge in [0.15, 0.2) is 0 Å². The van der Waals surface area contributed by atoms with Crippen LogP contribution in [0.1, 0.15) is 328 Å². The van der Waals surface area contributed by atoms with Crippen LogP contribution in [0.4, 0.5) is 8.78 Å². The molecule has 13 nitrogen and oxygen atoms in total. The van der Waals surface area contributed by atoms with Gasteiger partial charge in [-0.15, -0.1) is 0 Å². The van der Waals surface area contributed by atoms with Crippen LogP contribution in [0.2, 0.25) is 0 Å². The van der Waals surface area contributed by atoms with Gasteiger partial charge in [-0.25, -0.2) is 27.2 Å². The van der Waals surface area contributed by atoms with E-state index in [-0.39, 0.29) is 19.3 Å². The van der Waals surface area contributed by atoms with Crippen molar-refractivity contribution in [1.82, 2.24) is 9.55 Å². The molecule has 0 aliphatic carbocycles. The lowest BCUT2D eigenvalue weighted by Crippen LogP contribution is -2.39. The number of hydrogen-bond donors (Lipinski definition) is 0. The molecule has 1 aliphatic heterocycles. The van der Waals surface area contributed by atoms with Gasteiger partial charge in [0.05, 0.1) is 18.6 Å². The molecular formula is C64H115F2N2O11P. The maximum atomic E-state index is 16.6. The van der Waals surface area contributed by atoms with Gasteiger partial charge >= 0.3 is 25.5 Å². The first-order chi connectivity index (χ1) is 38.9. The van der Waals surface area contributed by atoms with Crippen LogP contribution in [-0.2, 0) is 46.7 Å². The number of alkyl halides is 2. The number of ketones is 1. The van der Waals surface area contributed by atoms with E-state index in [0.29, 0.717) is 29.5 Å². The molecule has 0 spiro atoms. The van der Waals surface area contributed by atoms with Gasteiger partial charge in [-0.2, -0.15) is 4.98 Å². The van der Waals surface area contributed by atoms with Crippen molar-refractivity contribution in [3.05, 3.63) is 28.4 Å². The highest BCUT2D eigenvalue weighted by Crippen LogP contribution is 2.53. The van der Waals surface area contributed by atoms with Crippen molar-refractivity contribution in [2.75, 3.05) is 20.2 Å². The van der Waals surface area contributed by atoms with Crippen molar-refractivity contribution in [3.63, 3.8) is 0 Å². The molecule has 16 heteroatoms. The van der Waals surface area contributed by atoms with Crippen LogP contribution < -0.4 is 5.69 Å². The Bertz CT molecular complexity index is 1750. The molecule has 2 heterocycles. The molecule has 1 aromatic heterocycles. The lowest BCUT2D eigenvalue weighted by molar-refractivity contribution is -0.154. The molecule has 1 aromatic rings. The topological polar surface area (TPSA) is 159 Å². The molecule has 1 saturated heterocycles. The second-order valence-electron chi connectivity index (χ2n) is 23.1. The average molecular weight is 1160 g/mol. The number of phosphoric ester groups is 1. The zero-order valence-corrected chi connectivity index (χ0v) is 52.0. The van der Waals surface area contributed by atoms with Gasteiger partial charge in [0.1, 0.15) is 5.78 Å². The van der Waals surface area contributed by atoms with Crippen molar-refractivity contribution >= 4 is 25.5 Å². The number of ether oxygens (including phenoxy) is 3. The third kappa shape index (κ3) is 36.9. The van der Waals surface area contributed by atoms with Crippen molar-refractivity contribution < 1.29 is 55.5 Å². The van der Waals surface area contributed by atoms with E-state index < -0.39 is 82.0 Å². The van der Waals surface area contributed by atoms with Crippen LogP contribution in [0.5, 0.6) is 0 Å². The van der Waals surface area contributed by atoms with Gasteiger partial charge in [0.25, 0.3) is 5.92 Å². The van der Waals surface area contributed by atoms with Gasteiger partial charge in [0, 0.05) is 37.6 Å². The summed E-state index contributed by atoms with van der Waals surface area (Å²) in [5, 5.41) is 0. The minimum absolute atomic E-state index is 0.0923. The number of nitrogens with zero attached hydrogens (tertiary/aromatic N) is 2. The quantitative estimate of drug-likeness (QED) is 0.0263. The summed E-state index contributed by atoms with van der Waals surface area (Å²) in [5.41, 5.74) is -0.643. The number of aryl methyl sites for hydroxylation is 1. The fraction of sp³-hybridized carbons (Fsp3) is 0.891. The largest absolute Gasteiger partial charge is 0.480 e. The molecule has 0 unspecified atom stereocenters. The maximum absolute atomic E-state index is 16.6. The van der Waals surface area contributed by atoms with E-state index >= 15 is 8.78 Å². The van der Waals surface area contributed by atoms with Crippen molar-refractivity contribution in [3.8, 4) is 0 Å². The van der Waals surface area contributed by atoms with E-state index in [4.69, 9.17) is 27.8 Å². The number of rotatable bonds is 57. The molecule has 3 atom stereocenters. The lowest BCUT2D eigenvalue weighted by atomic mass is 9.90.